The summed E-state index contributed by atoms with van der Waals surface area (Å²) < 4.78 is 244. The van der Waals surface area contributed by atoms with E-state index in [2.05, 4.69) is 26.1 Å². The second-order valence-electron chi connectivity index (χ2n) is 6.33. The molecule has 0 amide bonds. The fourth-order valence-electron chi connectivity index (χ4n) is 1.86. The van der Waals surface area contributed by atoms with Gasteiger partial charge in [-0.2, -0.15) is 83.1 Å². The molecule has 38 heavy (non-hydrogen) atoms. The number of hydrogen-bond acceptors (Lipinski definition) is 3. The first-order chi connectivity index (χ1) is 16.4. The van der Waals surface area contributed by atoms with Gasteiger partial charge in [-0.05, 0) is 12.1 Å². The second-order valence-corrected chi connectivity index (χ2v) is 9.99. The van der Waals surface area contributed by atoms with Crippen LogP contribution in [0.25, 0.3) is 0 Å². The van der Waals surface area contributed by atoms with Gasteiger partial charge in [0.1, 0.15) is 5.75 Å². The Balaban J connectivity index is 0.00000249. The quantitative estimate of drug-likeness (QED) is 0.161. The van der Waals surface area contributed by atoms with Crippen molar-refractivity contribution in [3.63, 3.8) is 0 Å². The minimum Gasteiger partial charge on any atom is -0.430 e. The topological polar surface area (TPSA) is 43.4 Å². The highest BCUT2D eigenvalue weighted by Gasteiger charge is 2.93. The van der Waals surface area contributed by atoms with Crippen molar-refractivity contribution in [3.8, 4) is 5.75 Å². The molecule has 0 aliphatic heterocycles. The Morgan fingerprint density at radius 3 is 1.26 bits per heavy atom. The molecule has 0 N–H and O–H groups in total. The van der Waals surface area contributed by atoms with Crippen molar-refractivity contribution in [2.45, 2.75) is 41.7 Å². The van der Waals surface area contributed by atoms with Gasteiger partial charge < -0.3 is 4.74 Å². The van der Waals surface area contributed by atoms with Gasteiger partial charge in [-0.3, -0.25) is 0 Å². The summed E-state index contributed by atoms with van der Waals surface area (Å²) in [5, 5.41) is 0. The number of para-hydroxylation sites is 1. The van der Waals surface area contributed by atoms with Crippen molar-refractivity contribution >= 4 is 29.6 Å². The molecule has 1 aromatic rings. The van der Waals surface area contributed by atoms with E-state index in [1.54, 1.807) is 0 Å². The molecule has 0 saturated carbocycles. The van der Waals surface area contributed by atoms with Crippen LogP contribution in [0.4, 0.5) is 74.6 Å². The number of allylic oxidation sites excluding steroid dienone is 1. The van der Waals surface area contributed by atoms with E-state index in [1.165, 1.54) is 0 Å². The van der Waals surface area contributed by atoms with Gasteiger partial charge in [0.15, 0.2) is 0 Å². The average Bonchev–Trinajstić information content (AvgIpc) is 2.71. The number of halogens is 19. The zero-order valence-corrected chi connectivity index (χ0v) is 19.0. The molecule has 3 nitrogen and oxygen atoms in total. The maximum atomic E-state index is 13.5. The van der Waals surface area contributed by atoms with Crippen LogP contribution in [-0.4, -0.2) is 50.1 Å². The van der Waals surface area contributed by atoms with E-state index in [4.69, 9.17) is 8.42 Å². The Morgan fingerprint density at radius 2 is 0.921 bits per heavy atom. The van der Waals surface area contributed by atoms with Crippen molar-refractivity contribution in [2.75, 3.05) is 0 Å². The standard InChI is InChI=1S/C15H5F17O.Cl2O2S/c16-7(8(17)33-6-4-2-1-3-5-6)9(18,19)10(20,21)11(22,23)12(24,25)13(26,27)14(28,29)15(30,31)32;1-5(2,3)4/h1-5H;. The van der Waals surface area contributed by atoms with Gasteiger partial charge in [0.2, 0.25) is 5.83 Å². The summed E-state index contributed by atoms with van der Waals surface area (Å²) in [5.74, 6) is -54.9. The first kappa shape index (κ1) is 36.1. The Bertz CT molecular complexity index is 1090. The molecule has 1 aromatic carbocycles. The fourth-order valence-corrected chi connectivity index (χ4v) is 1.86. The molecule has 0 fully saturated rings. The minimum atomic E-state index is -8.61. The molecule has 0 bridgehead atoms. The molecule has 0 radical (unpaired) electrons. The summed E-state index contributed by atoms with van der Waals surface area (Å²) in [5.41, 5.74) is 0. The maximum Gasteiger partial charge on any atom is 0.460 e. The number of benzene rings is 1. The Hall–Kier alpha value is -1.90. The lowest BCUT2D eigenvalue weighted by Crippen LogP contribution is -2.72. The van der Waals surface area contributed by atoms with Gasteiger partial charge in [0, 0.05) is 21.4 Å². The average molecular weight is 659 g/mol. The van der Waals surface area contributed by atoms with Crippen LogP contribution in [-0.2, 0) is 8.26 Å². The normalized spacial score (nSPS) is 15.3. The van der Waals surface area contributed by atoms with Crippen LogP contribution in [0.1, 0.15) is 0 Å². The molecule has 0 saturated heterocycles. The van der Waals surface area contributed by atoms with Crippen LogP contribution >= 0.6 is 21.4 Å². The highest BCUT2D eigenvalue weighted by molar-refractivity contribution is 8.31. The highest BCUT2D eigenvalue weighted by atomic mass is 36.0. The summed E-state index contributed by atoms with van der Waals surface area (Å²) >= 11 is 0. The molecule has 0 aromatic heterocycles. The second kappa shape index (κ2) is 10.9. The first-order valence-corrected chi connectivity index (χ1v) is 11.3. The summed E-state index contributed by atoms with van der Waals surface area (Å²) in [6, 6.07) is 0.789. The predicted octanol–water partition coefficient (Wildman–Crippen LogP) is 8.26. The zero-order valence-electron chi connectivity index (χ0n) is 16.7. The van der Waals surface area contributed by atoms with E-state index >= 15 is 0 Å². The smallest absolute Gasteiger partial charge is 0.430 e. The van der Waals surface area contributed by atoms with E-state index in [0.29, 0.717) is 12.1 Å². The summed E-state index contributed by atoms with van der Waals surface area (Å²) in [6.45, 7) is 0. The molecule has 0 aliphatic rings. The third kappa shape index (κ3) is 6.80. The third-order valence-electron chi connectivity index (χ3n) is 3.73. The minimum absolute atomic E-state index is 0.631. The molecule has 222 valence electrons. The molecule has 0 spiro atoms. The van der Waals surface area contributed by atoms with Crippen LogP contribution in [0.15, 0.2) is 42.2 Å². The molecular weight excluding hydrogens is 654 g/mol. The van der Waals surface area contributed by atoms with Gasteiger partial charge in [0.25, 0.3) is 0 Å². The van der Waals surface area contributed by atoms with Crippen molar-refractivity contribution < 1.29 is 87.8 Å². The van der Waals surface area contributed by atoms with Gasteiger partial charge in [-0.25, -0.2) is 0 Å². The summed E-state index contributed by atoms with van der Waals surface area (Å²) in [7, 11) is 4.81. The molecular formula is C15H5Cl2F17O3S. The molecule has 0 unspecified atom stereocenters. The van der Waals surface area contributed by atoms with Crippen LogP contribution in [0.3, 0.4) is 0 Å². The van der Waals surface area contributed by atoms with Gasteiger partial charge in [-0.1, -0.05) is 18.2 Å². The first-order valence-electron chi connectivity index (χ1n) is 8.17. The van der Waals surface area contributed by atoms with E-state index in [-0.39, 0.29) is 0 Å². The molecule has 0 aliphatic carbocycles. The molecule has 23 heteroatoms. The Kier molecular flexibility index (Phi) is 10.4. The predicted molar refractivity (Wildman–Crippen MR) is 92.7 cm³/mol. The largest absolute Gasteiger partial charge is 0.460 e. The third-order valence-corrected chi connectivity index (χ3v) is 3.73. The fraction of sp³-hybridized carbons (Fsp3) is 0.467. The lowest BCUT2D eigenvalue weighted by molar-refractivity contribution is -0.451. The van der Waals surface area contributed by atoms with Crippen molar-refractivity contribution in [1.29, 1.82) is 0 Å². The maximum absolute atomic E-state index is 13.5. The van der Waals surface area contributed by atoms with E-state index in [1.807, 2.05) is 0 Å². The van der Waals surface area contributed by atoms with Gasteiger partial charge >= 0.3 is 56.0 Å². The number of ether oxygens (including phenoxy) is 1. The Labute approximate surface area is 207 Å². The monoisotopic (exact) mass is 658 g/mol. The SMILES string of the molecule is FC(Oc1ccccc1)=C(F)C(F)(F)C(F)(F)C(F)(F)C(F)(F)C(F)(F)C(F)(F)C(F)(F)F.O=S(=O)(Cl)Cl. The van der Waals surface area contributed by atoms with Crippen molar-refractivity contribution in [3.05, 3.63) is 42.2 Å². The van der Waals surface area contributed by atoms with E-state index in [9.17, 15) is 74.6 Å². The van der Waals surface area contributed by atoms with Gasteiger partial charge in [0.05, 0.1) is 0 Å². The van der Waals surface area contributed by atoms with E-state index < -0.39 is 67.6 Å². The zero-order chi connectivity index (χ0) is 31.0. The summed E-state index contributed by atoms with van der Waals surface area (Å²) in [6.07, 6.45) is -7.77. The lowest BCUT2D eigenvalue weighted by Gasteiger charge is -2.41. The molecule has 1 rings (SSSR count). The van der Waals surface area contributed by atoms with Crippen LogP contribution in [0.5, 0.6) is 5.75 Å². The van der Waals surface area contributed by atoms with Crippen LogP contribution in [0.2, 0.25) is 0 Å². The Morgan fingerprint density at radius 1 is 0.605 bits per heavy atom. The highest BCUT2D eigenvalue weighted by Crippen LogP contribution is 2.63. The summed E-state index contributed by atoms with van der Waals surface area (Å²) in [4.78, 5) is 0. The number of hydrogen-bond donors (Lipinski definition) is 0. The van der Waals surface area contributed by atoms with E-state index in [0.717, 1.165) is 18.2 Å². The molecule has 0 heterocycles. The van der Waals surface area contributed by atoms with Crippen LogP contribution < -0.4 is 4.74 Å². The molecule has 0 atom stereocenters. The van der Waals surface area contributed by atoms with Crippen molar-refractivity contribution in [2.24, 2.45) is 0 Å². The van der Waals surface area contributed by atoms with Crippen molar-refractivity contribution in [1.82, 2.24) is 0 Å². The van der Waals surface area contributed by atoms with Crippen LogP contribution in [0, 0.1) is 0 Å². The lowest BCUT2D eigenvalue weighted by atomic mass is 9.91. The number of rotatable bonds is 8. The number of alkyl halides is 15. The van der Waals surface area contributed by atoms with Gasteiger partial charge in [-0.15, -0.1) is 0 Å².